The molecule has 2 aliphatic carbocycles. The van der Waals surface area contributed by atoms with Crippen molar-refractivity contribution >= 4 is 0 Å². The van der Waals surface area contributed by atoms with Crippen molar-refractivity contribution < 1.29 is 9.47 Å². The van der Waals surface area contributed by atoms with Crippen LogP contribution in [0.15, 0.2) is 18.2 Å². The Kier molecular flexibility index (Phi) is 5.31. The highest BCUT2D eigenvalue weighted by Crippen LogP contribution is 2.52. The molecule has 3 unspecified atom stereocenters. The fourth-order valence-corrected chi connectivity index (χ4v) is 5.87. The molecular formula is C25H38O2. The van der Waals surface area contributed by atoms with E-state index in [1.807, 2.05) is 0 Å². The molecule has 0 spiro atoms. The standard InChI is InChI=1S/C25H38O2/c1-24(2,3)20-11-12-22(27-23-10-5-6-13-26-23)21(15-20)25(4)16-18-8-7-9-19(14-18)17-25/h11-12,15,18-19,23H,5-10,13-14,16-17H2,1-4H3. The summed E-state index contributed by atoms with van der Waals surface area (Å²) in [5.41, 5.74) is 3.27. The molecule has 0 radical (unpaired) electrons. The van der Waals surface area contributed by atoms with E-state index in [-0.39, 0.29) is 17.1 Å². The molecule has 2 heteroatoms. The zero-order valence-corrected chi connectivity index (χ0v) is 17.9. The number of hydrogen-bond donors (Lipinski definition) is 0. The predicted molar refractivity (Wildman–Crippen MR) is 111 cm³/mol. The van der Waals surface area contributed by atoms with Crippen LogP contribution >= 0.6 is 0 Å². The molecule has 0 N–H and O–H groups in total. The first kappa shape index (κ1) is 19.3. The normalized spacial score (nSPS) is 34.3. The first-order valence-corrected chi connectivity index (χ1v) is 11.3. The minimum absolute atomic E-state index is 0.0651. The Hall–Kier alpha value is -1.02. The Labute approximate surface area is 166 Å². The number of fused-ring (bicyclic) bond motifs is 2. The highest BCUT2D eigenvalue weighted by atomic mass is 16.7. The minimum atomic E-state index is -0.0651. The van der Waals surface area contributed by atoms with E-state index in [0.717, 1.165) is 37.0 Å². The molecule has 2 nitrogen and oxygen atoms in total. The van der Waals surface area contributed by atoms with E-state index in [1.54, 1.807) is 0 Å². The van der Waals surface area contributed by atoms with Gasteiger partial charge >= 0.3 is 0 Å². The molecule has 4 rings (SSSR count). The van der Waals surface area contributed by atoms with Gasteiger partial charge in [-0.2, -0.15) is 0 Å². The van der Waals surface area contributed by atoms with Crippen LogP contribution < -0.4 is 4.74 Å². The van der Waals surface area contributed by atoms with Gasteiger partial charge in [0.2, 0.25) is 0 Å². The Morgan fingerprint density at radius 3 is 2.37 bits per heavy atom. The summed E-state index contributed by atoms with van der Waals surface area (Å²) in [5, 5.41) is 0. The maximum Gasteiger partial charge on any atom is 0.199 e. The van der Waals surface area contributed by atoms with Crippen molar-refractivity contribution in [2.45, 2.75) is 103 Å². The Balaban J connectivity index is 1.68. The van der Waals surface area contributed by atoms with Crippen LogP contribution in [0.25, 0.3) is 0 Å². The van der Waals surface area contributed by atoms with Crippen molar-refractivity contribution in [3.05, 3.63) is 29.3 Å². The number of benzene rings is 1. The quantitative estimate of drug-likeness (QED) is 0.586. The average molecular weight is 371 g/mol. The van der Waals surface area contributed by atoms with E-state index < -0.39 is 0 Å². The molecular weight excluding hydrogens is 332 g/mol. The van der Waals surface area contributed by atoms with Gasteiger partial charge in [0, 0.05) is 12.0 Å². The maximum atomic E-state index is 6.47. The van der Waals surface area contributed by atoms with Gasteiger partial charge in [0.25, 0.3) is 0 Å². The summed E-state index contributed by atoms with van der Waals surface area (Å²) in [4.78, 5) is 0. The molecule has 2 bridgehead atoms. The second-order valence-electron chi connectivity index (χ2n) is 10.7. The van der Waals surface area contributed by atoms with Crippen molar-refractivity contribution in [2.75, 3.05) is 6.61 Å². The minimum Gasteiger partial charge on any atom is -0.465 e. The first-order valence-electron chi connectivity index (χ1n) is 11.3. The lowest BCUT2D eigenvalue weighted by atomic mass is 9.59. The number of ether oxygens (including phenoxy) is 2. The molecule has 1 heterocycles. The van der Waals surface area contributed by atoms with E-state index in [9.17, 15) is 0 Å². The van der Waals surface area contributed by atoms with Crippen LogP contribution in [0.3, 0.4) is 0 Å². The molecule has 1 aromatic carbocycles. The predicted octanol–water partition coefficient (Wildman–Crippen LogP) is 6.75. The van der Waals surface area contributed by atoms with Crippen molar-refractivity contribution in [3.63, 3.8) is 0 Å². The molecule has 3 fully saturated rings. The lowest BCUT2D eigenvalue weighted by molar-refractivity contribution is -0.106. The molecule has 3 aliphatic rings. The second-order valence-corrected chi connectivity index (χ2v) is 10.7. The second kappa shape index (κ2) is 7.43. The van der Waals surface area contributed by atoms with E-state index >= 15 is 0 Å². The Morgan fingerprint density at radius 1 is 1.00 bits per heavy atom. The van der Waals surface area contributed by atoms with Crippen LogP contribution in [0.2, 0.25) is 0 Å². The van der Waals surface area contributed by atoms with E-state index in [1.165, 1.54) is 56.1 Å². The van der Waals surface area contributed by atoms with Gasteiger partial charge in [-0.25, -0.2) is 0 Å². The zero-order valence-electron chi connectivity index (χ0n) is 17.9. The molecule has 3 atom stereocenters. The van der Waals surface area contributed by atoms with Gasteiger partial charge in [-0.15, -0.1) is 0 Å². The van der Waals surface area contributed by atoms with Gasteiger partial charge in [0.1, 0.15) is 5.75 Å². The van der Waals surface area contributed by atoms with E-state index in [2.05, 4.69) is 45.9 Å². The van der Waals surface area contributed by atoms with Crippen molar-refractivity contribution in [1.82, 2.24) is 0 Å². The van der Waals surface area contributed by atoms with Crippen LogP contribution in [0.5, 0.6) is 5.75 Å². The van der Waals surface area contributed by atoms with Gasteiger partial charge in [-0.3, -0.25) is 0 Å². The number of hydrogen-bond acceptors (Lipinski definition) is 2. The fourth-order valence-electron chi connectivity index (χ4n) is 5.87. The molecule has 2 saturated carbocycles. The summed E-state index contributed by atoms with van der Waals surface area (Å²) in [7, 11) is 0. The van der Waals surface area contributed by atoms with Gasteiger partial charge in [-0.1, -0.05) is 59.1 Å². The van der Waals surface area contributed by atoms with Gasteiger partial charge in [0.15, 0.2) is 6.29 Å². The van der Waals surface area contributed by atoms with Crippen LogP contribution in [0.4, 0.5) is 0 Å². The maximum absolute atomic E-state index is 6.47. The fraction of sp³-hybridized carbons (Fsp3) is 0.760. The van der Waals surface area contributed by atoms with Gasteiger partial charge in [-0.05, 0) is 66.4 Å². The summed E-state index contributed by atoms with van der Waals surface area (Å²) in [5.74, 6) is 2.89. The highest BCUT2D eigenvalue weighted by Gasteiger charge is 2.42. The van der Waals surface area contributed by atoms with Crippen LogP contribution in [0, 0.1) is 11.8 Å². The number of rotatable bonds is 3. The molecule has 1 aliphatic heterocycles. The topological polar surface area (TPSA) is 18.5 Å². The third-order valence-electron chi connectivity index (χ3n) is 7.26. The van der Waals surface area contributed by atoms with Crippen LogP contribution in [-0.4, -0.2) is 12.9 Å². The summed E-state index contributed by atoms with van der Waals surface area (Å²) in [6.45, 7) is 10.3. The molecule has 0 aromatic heterocycles. The third kappa shape index (κ3) is 4.21. The molecule has 1 aromatic rings. The summed E-state index contributed by atoms with van der Waals surface area (Å²) < 4.78 is 12.4. The largest absolute Gasteiger partial charge is 0.465 e. The van der Waals surface area contributed by atoms with Crippen molar-refractivity contribution in [1.29, 1.82) is 0 Å². The average Bonchev–Trinajstić information content (AvgIpc) is 2.61. The van der Waals surface area contributed by atoms with E-state index in [0.29, 0.717) is 0 Å². The zero-order chi connectivity index (χ0) is 19.1. The Morgan fingerprint density at radius 2 is 1.74 bits per heavy atom. The lowest BCUT2D eigenvalue weighted by Crippen LogP contribution is -2.38. The Bertz CT molecular complexity index is 639. The summed E-state index contributed by atoms with van der Waals surface area (Å²) in [6, 6.07) is 6.98. The first-order chi connectivity index (χ1) is 12.8. The monoisotopic (exact) mass is 370 g/mol. The highest BCUT2D eigenvalue weighted by molar-refractivity contribution is 5.45. The van der Waals surface area contributed by atoms with E-state index in [4.69, 9.17) is 9.47 Å². The summed E-state index contributed by atoms with van der Waals surface area (Å²) in [6.07, 6.45) is 11.7. The molecule has 1 saturated heterocycles. The third-order valence-corrected chi connectivity index (χ3v) is 7.26. The summed E-state index contributed by atoms with van der Waals surface area (Å²) >= 11 is 0. The van der Waals surface area contributed by atoms with Gasteiger partial charge in [0.05, 0.1) is 6.61 Å². The van der Waals surface area contributed by atoms with Gasteiger partial charge < -0.3 is 9.47 Å². The lowest BCUT2D eigenvalue weighted by Gasteiger charge is -2.46. The van der Waals surface area contributed by atoms with Crippen molar-refractivity contribution in [3.8, 4) is 5.75 Å². The SMILES string of the molecule is CC(C)(C)c1ccc(OC2CCCCO2)c(C2(C)CC3CCCC(C3)C2)c1. The molecule has 150 valence electrons. The molecule has 0 amide bonds. The smallest absolute Gasteiger partial charge is 0.199 e. The van der Waals surface area contributed by atoms with Crippen molar-refractivity contribution in [2.24, 2.45) is 11.8 Å². The van der Waals surface area contributed by atoms with Crippen LogP contribution in [0.1, 0.15) is 96.6 Å². The molecule has 27 heavy (non-hydrogen) atoms. The van der Waals surface area contributed by atoms with Crippen LogP contribution in [-0.2, 0) is 15.6 Å².